The Kier molecular flexibility index (Phi) is 9.12. The van der Waals surface area contributed by atoms with Gasteiger partial charge in [-0.15, -0.1) is 0 Å². The van der Waals surface area contributed by atoms with Crippen molar-refractivity contribution in [1.82, 2.24) is 10.2 Å². The standard InChI is InChI=1S/C27H30ClN3O4S/c1-20-9-7-14-24(15-20)31(36(3,34)35)19-26(32)30(18-22-12-8-13-23(28)16-22)25(27(33)29-2)17-21-10-5-4-6-11-21/h4-16,25H,17-19H2,1-3H3,(H,29,33)/t25-/m0/s1. The first-order valence-corrected chi connectivity index (χ1v) is 13.6. The number of sulfonamides is 1. The van der Waals surface area contributed by atoms with Gasteiger partial charge >= 0.3 is 0 Å². The number of hydrogen-bond donors (Lipinski definition) is 1. The van der Waals surface area contributed by atoms with Gasteiger partial charge < -0.3 is 10.2 Å². The molecule has 2 amide bonds. The maximum Gasteiger partial charge on any atom is 0.244 e. The maximum absolute atomic E-state index is 13.8. The summed E-state index contributed by atoms with van der Waals surface area (Å²) in [7, 11) is -2.28. The van der Waals surface area contributed by atoms with Gasteiger partial charge in [-0.3, -0.25) is 13.9 Å². The lowest BCUT2D eigenvalue weighted by atomic mass is 10.0. The molecule has 0 aliphatic carbocycles. The van der Waals surface area contributed by atoms with E-state index in [1.54, 1.807) is 36.4 Å². The first-order chi connectivity index (χ1) is 17.1. The fraction of sp³-hybridized carbons (Fsp3) is 0.259. The van der Waals surface area contributed by atoms with Gasteiger partial charge in [-0.25, -0.2) is 8.42 Å². The van der Waals surface area contributed by atoms with E-state index < -0.39 is 28.5 Å². The van der Waals surface area contributed by atoms with Crippen molar-refractivity contribution in [3.8, 4) is 0 Å². The third-order valence-electron chi connectivity index (χ3n) is 5.73. The molecule has 9 heteroatoms. The zero-order chi connectivity index (χ0) is 26.3. The molecule has 190 valence electrons. The molecule has 0 saturated carbocycles. The van der Waals surface area contributed by atoms with Crippen LogP contribution >= 0.6 is 11.6 Å². The molecule has 0 aliphatic rings. The predicted molar refractivity (Wildman–Crippen MR) is 143 cm³/mol. The van der Waals surface area contributed by atoms with Crippen LogP contribution in [-0.4, -0.2) is 51.0 Å². The van der Waals surface area contributed by atoms with Crippen molar-refractivity contribution in [3.05, 3.63) is 101 Å². The van der Waals surface area contributed by atoms with Gasteiger partial charge in [0, 0.05) is 25.0 Å². The molecule has 1 atom stereocenters. The Bertz CT molecular complexity index is 1320. The topological polar surface area (TPSA) is 86.8 Å². The average molecular weight is 528 g/mol. The van der Waals surface area contributed by atoms with Gasteiger partial charge in [0.05, 0.1) is 11.9 Å². The predicted octanol–water partition coefficient (Wildman–Crippen LogP) is 3.80. The number of nitrogens with one attached hydrogen (secondary N) is 1. The van der Waals surface area contributed by atoms with Crippen molar-refractivity contribution in [2.24, 2.45) is 0 Å². The quantitative estimate of drug-likeness (QED) is 0.434. The number of rotatable bonds is 10. The fourth-order valence-corrected chi connectivity index (χ4v) is 5.00. The Morgan fingerprint density at radius 3 is 2.22 bits per heavy atom. The highest BCUT2D eigenvalue weighted by molar-refractivity contribution is 7.92. The van der Waals surface area contributed by atoms with Crippen LogP contribution in [0.3, 0.4) is 0 Å². The van der Waals surface area contributed by atoms with E-state index in [0.29, 0.717) is 10.7 Å². The minimum atomic E-state index is -3.79. The lowest BCUT2D eigenvalue weighted by molar-refractivity contribution is -0.139. The Morgan fingerprint density at radius 2 is 1.61 bits per heavy atom. The Morgan fingerprint density at radius 1 is 0.944 bits per heavy atom. The van der Waals surface area contributed by atoms with Crippen molar-refractivity contribution in [1.29, 1.82) is 0 Å². The summed E-state index contributed by atoms with van der Waals surface area (Å²) in [6.45, 7) is 1.47. The normalized spacial score (nSPS) is 12.0. The monoisotopic (exact) mass is 527 g/mol. The number of halogens is 1. The highest BCUT2D eigenvalue weighted by Crippen LogP contribution is 2.22. The van der Waals surface area contributed by atoms with Crippen LogP contribution in [-0.2, 0) is 32.6 Å². The summed E-state index contributed by atoms with van der Waals surface area (Å²) in [6.07, 6.45) is 1.32. The fourth-order valence-electron chi connectivity index (χ4n) is 3.95. The zero-order valence-electron chi connectivity index (χ0n) is 20.5. The van der Waals surface area contributed by atoms with Gasteiger partial charge in [-0.1, -0.05) is 66.2 Å². The molecule has 0 saturated heterocycles. The van der Waals surface area contributed by atoms with Gasteiger partial charge in [0.2, 0.25) is 21.8 Å². The van der Waals surface area contributed by atoms with E-state index in [4.69, 9.17) is 11.6 Å². The Balaban J connectivity index is 2.03. The van der Waals surface area contributed by atoms with Gasteiger partial charge in [-0.05, 0) is 47.9 Å². The van der Waals surface area contributed by atoms with Crippen LogP contribution in [0.4, 0.5) is 5.69 Å². The zero-order valence-corrected chi connectivity index (χ0v) is 22.1. The molecular formula is C27H30ClN3O4S. The molecule has 36 heavy (non-hydrogen) atoms. The number of likely N-dealkylation sites (N-methyl/N-ethyl adjacent to an activating group) is 1. The molecule has 0 heterocycles. The summed E-state index contributed by atoms with van der Waals surface area (Å²) >= 11 is 6.18. The van der Waals surface area contributed by atoms with Gasteiger partial charge in [0.1, 0.15) is 12.6 Å². The van der Waals surface area contributed by atoms with E-state index >= 15 is 0 Å². The number of aryl methyl sites for hydroxylation is 1. The minimum absolute atomic E-state index is 0.0791. The molecule has 3 aromatic rings. The van der Waals surface area contributed by atoms with E-state index in [1.807, 2.05) is 49.4 Å². The maximum atomic E-state index is 13.8. The summed E-state index contributed by atoms with van der Waals surface area (Å²) in [5.74, 6) is -0.859. The van der Waals surface area contributed by atoms with Gasteiger partial charge in [0.25, 0.3) is 0 Å². The first-order valence-electron chi connectivity index (χ1n) is 11.4. The Hall–Kier alpha value is -3.36. The molecule has 0 aliphatic heterocycles. The number of amides is 2. The molecule has 3 aromatic carbocycles. The third kappa shape index (κ3) is 7.32. The molecular weight excluding hydrogens is 498 g/mol. The second-order valence-electron chi connectivity index (χ2n) is 8.58. The van der Waals surface area contributed by atoms with Crippen molar-refractivity contribution < 1.29 is 18.0 Å². The summed E-state index contributed by atoms with van der Waals surface area (Å²) in [5.41, 5.74) is 2.83. The van der Waals surface area contributed by atoms with Crippen molar-refractivity contribution in [3.63, 3.8) is 0 Å². The molecule has 3 rings (SSSR count). The van der Waals surface area contributed by atoms with E-state index in [0.717, 1.165) is 27.3 Å². The molecule has 1 N–H and O–H groups in total. The molecule has 0 unspecified atom stereocenters. The SMILES string of the molecule is CNC(=O)[C@H](Cc1ccccc1)N(Cc1cccc(Cl)c1)C(=O)CN(c1cccc(C)c1)S(C)(=O)=O. The number of anilines is 1. The van der Waals surface area contributed by atoms with E-state index in [1.165, 1.54) is 11.9 Å². The average Bonchev–Trinajstić information content (AvgIpc) is 2.84. The number of hydrogen-bond acceptors (Lipinski definition) is 4. The van der Waals surface area contributed by atoms with E-state index in [-0.39, 0.29) is 18.9 Å². The lowest BCUT2D eigenvalue weighted by Crippen LogP contribution is -2.52. The van der Waals surface area contributed by atoms with Gasteiger partial charge in [0.15, 0.2) is 0 Å². The summed E-state index contributed by atoms with van der Waals surface area (Å²) in [5, 5.41) is 3.15. The molecule has 7 nitrogen and oxygen atoms in total. The van der Waals surface area contributed by atoms with E-state index in [2.05, 4.69) is 5.32 Å². The number of carbonyl (C=O) groups is 2. The van der Waals surface area contributed by atoms with Crippen molar-refractivity contribution in [2.75, 3.05) is 24.2 Å². The second-order valence-corrected chi connectivity index (χ2v) is 10.9. The van der Waals surface area contributed by atoms with Crippen LogP contribution in [0.15, 0.2) is 78.9 Å². The highest BCUT2D eigenvalue weighted by Gasteiger charge is 2.32. The van der Waals surface area contributed by atoms with Gasteiger partial charge in [-0.2, -0.15) is 0 Å². The van der Waals surface area contributed by atoms with Crippen LogP contribution in [0.5, 0.6) is 0 Å². The minimum Gasteiger partial charge on any atom is -0.357 e. The number of benzene rings is 3. The van der Waals surface area contributed by atoms with Crippen LogP contribution in [0, 0.1) is 6.92 Å². The van der Waals surface area contributed by atoms with Crippen LogP contribution in [0.25, 0.3) is 0 Å². The largest absolute Gasteiger partial charge is 0.357 e. The number of nitrogens with zero attached hydrogens (tertiary/aromatic N) is 2. The highest BCUT2D eigenvalue weighted by atomic mass is 35.5. The summed E-state index contributed by atoms with van der Waals surface area (Å²) < 4.78 is 26.5. The molecule has 0 fully saturated rings. The second kappa shape index (κ2) is 12.1. The number of carbonyl (C=O) groups excluding carboxylic acids is 2. The molecule has 0 spiro atoms. The van der Waals surface area contributed by atoms with Crippen LogP contribution in [0.1, 0.15) is 16.7 Å². The lowest BCUT2D eigenvalue weighted by Gasteiger charge is -2.33. The molecule has 0 radical (unpaired) electrons. The third-order valence-corrected chi connectivity index (χ3v) is 7.10. The van der Waals surface area contributed by atoms with Crippen LogP contribution in [0.2, 0.25) is 5.02 Å². The smallest absolute Gasteiger partial charge is 0.244 e. The first kappa shape index (κ1) is 27.2. The Labute approximate surface area is 217 Å². The van der Waals surface area contributed by atoms with Crippen molar-refractivity contribution in [2.45, 2.75) is 25.9 Å². The summed E-state index contributed by atoms with van der Waals surface area (Å²) in [4.78, 5) is 28.3. The summed E-state index contributed by atoms with van der Waals surface area (Å²) in [6, 6.07) is 22.4. The van der Waals surface area contributed by atoms with Crippen LogP contribution < -0.4 is 9.62 Å². The molecule has 0 aromatic heterocycles. The van der Waals surface area contributed by atoms with Crippen molar-refractivity contribution >= 4 is 39.1 Å². The molecule has 0 bridgehead atoms. The van der Waals surface area contributed by atoms with E-state index in [9.17, 15) is 18.0 Å².